The van der Waals surface area contributed by atoms with Crippen molar-refractivity contribution >= 4 is 11.7 Å². The molecule has 110 valence electrons. The van der Waals surface area contributed by atoms with Gasteiger partial charge >= 0.3 is 5.97 Å². The van der Waals surface area contributed by atoms with Gasteiger partial charge in [-0.15, -0.1) is 0 Å². The quantitative estimate of drug-likeness (QED) is 0.879. The largest absolute Gasteiger partial charge is 0.478 e. The number of aromatic carboxylic acids is 1. The summed E-state index contributed by atoms with van der Waals surface area (Å²) in [7, 11) is 0. The van der Waals surface area contributed by atoms with Crippen molar-refractivity contribution in [1.29, 1.82) is 0 Å². The fourth-order valence-electron chi connectivity index (χ4n) is 3.80. The van der Waals surface area contributed by atoms with E-state index >= 15 is 0 Å². The molecule has 0 saturated carbocycles. The molecule has 0 aliphatic carbocycles. The second-order valence-corrected chi connectivity index (χ2v) is 6.91. The fourth-order valence-corrected chi connectivity index (χ4v) is 3.80. The van der Waals surface area contributed by atoms with Gasteiger partial charge in [-0.2, -0.15) is 0 Å². The third-order valence-corrected chi connectivity index (χ3v) is 4.37. The van der Waals surface area contributed by atoms with Crippen molar-refractivity contribution in [3.05, 3.63) is 28.8 Å². The zero-order valence-corrected chi connectivity index (χ0v) is 13.3. The summed E-state index contributed by atoms with van der Waals surface area (Å²) in [6.45, 7) is 13.0. The SMILES string of the molecule is Cc1cc2c(cc1C(=O)O)[C@H](C)CC(C)(C)N2C(C)C. The molecule has 1 aliphatic heterocycles. The predicted molar refractivity (Wildman–Crippen MR) is 82.9 cm³/mol. The van der Waals surface area contributed by atoms with Crippen LogP contribution in [0.25, 0.3) is 0 Å². The highest BCUT2D eigenvalue weighted by Gasteiger charge is 2.38. The van der Waals surface area contributed by atoms with Crippen LogP contribution in [0.15, 0.2) is 12.1 Å². The standard InChI is InChI=1S/C17H25NO2/c1-10(2)18-15-7-11(3)14(16(19)20)8-13(15)12(4)9-17(18,5)6/h7-8,10,12H,9H2,1-6H3,(H,19,20)/t12-/m1/s1. The lowest BCUT2D eigenvalue weighted by Gasteiger charge is -2.50. The van der Waals surface area contributed by atoms with Gasteiger partial charge in [0.25, 0.3) is 0 Å². The number of carboxylic acid groups (broad SMARTS) is 1. The van der Waals surface area contributed by atoms with Crippen LogP contribution in [-0.2, 0) is 0 Å². The summed E-state index contributed by atoms with van der Waals surface area (Å²) in [6, 6.07) is 4.32. The summed E-state index contributed by atoms with van der Waals surface area (Å²) in [5, 5.41) is 9.32. The molecule has 0 spiro atoms. The molecule has 2 rings (SSSR count). The van der Waals surface area contributed by atoms with Gasteiger partial charge in [-0.1, -0.05) is 6.92 Å². The van der Waals surface area contributed by atoms with E-state index in [9.17, 15) is 9.90 Å². The molecular weight excluding hydrogens is 250 g/mol. The van der Waals surface area contributed by atoms with Crippen molar-refractivity contribution < 1.29 is 9.90 Å². The minimum Gasteiger partial charge on any atom is -0.478 e. The van der Waals surface area contributed by atoms with Crippen LogP contribution in [0, 0.1) is 6.92 Å². The van der Waals surface area contributed by atoms with Gasteiger partial charge in [0.15, 0.2) is 0 Å². The molecule has 1 aliphatic rings. The molecule has 3 nitrogen and oxygen atoms in total. The van der Waals surface area contributed by atoms with Crippen molar-refractivity contribution in [2.24, 2.45) is 0 Å². The van der Waals surface area contributed by atoms with Crippen LogP contribution in [0.3, 0.4) is 0 Å². The lowest BCUT2D eigenvalue weighted by Crippen LogP contribution is -2.51. The first-order chi connectivity index (χ1) is 9.15. The molecule has 0 bridgehead atoms. The lowest BCUT2D eigenvalue weighted by molar-refractivity contribution is 0.0696. The zero-order valence-electron chi connectivity index (χ0n) is 13.3. The van der Waals surface area contributed by atoms with Gasteiger partial charge in [0.1, 0.15) is 0 Å². The first kappa shape index (κ1) is 14.9. The maximum atomic E-state index is 11.3. The minimum absolute atomic E-state index is 0.0950. The Morgan fingerprint density at radius 3 is 2.50 bits per heavy atom. The van der Waals surface area contributed by atoms with E-state index in [0.29, 0.717) is 17.5 Å². The average Bonchev–Trinajstić information content (AvgIpc) is 2.25. The van der Waals surface area contributed by atoms with E-state index in [4.69, 9.17) is 0 Å². The van der Waals surface area contributed by atoms with E-state index in [1.54, 1.807) is 0 Å². The Balaban J connectivity index is 2.67. The number of anilines is 1. The lowest BCUT2D eigenvalue weighted by atomic mass is 9.78. The van der Waals surface area contributed by atoms with Crippen LogP contribution in [0.1, 0.15) is 68.4 Å². The van der Waals surface area contributed by atoms with Crippen molar-refractivity contribution in [3.63, 3.8) is 0 Å². The van der Waals surface area contributed by atoms with Gasteiger partial charge in [0.2, 0.25) is 0 Å². The molecule has 0 unspecified atom stereocenters. The monoisotopic (exact) mass is 275 g/mol. The maximum absolute atomic E-state index is 11.3. The molecule has 1 heterocycles. The molecule has 1 aromatic carbocycles. The van der Waals surface area contributed by atoms with E-state index in [1.807, 2.05) is 13.0 Å². The van der Waals surface area contributed by atoms with E-state index in [2.05, 4.69) is 45.6 Å². The first-order valence-corrected chi connectivity index (χ1v) is 7.32. The Morgan fingerprint density at radius 1 is 1.40 bits per heavy atom. The number of fused-ring (bicyclic) bond motifs is 1. The van der Waals surface area contributed by atoms with Crippen molar-refractivity contribution in [3.8, 4) is 0 Å². The predicted octanol–water partition coefficient (Wildman–Crippen LogP) is 4.19. The second kappa shape index (κ2) is 4.80. The van der Waals surface area contributed by atoms with Crippen LogP contribution in [0.2, 0.25) is 0 Å². The van der Waals surface area contributed by atoms with E-state index < -0.39 is 5.97 Å². The Morgan fingerprint density at radius 2 is 2.00 bits per heavy atom. The molecule has 0 saturated heterocycles. The molecule has 0 aromatic heterocycles. The van der Waals surface area contributed by atoms with Crippen molar-refractivity contribution in [2.45, 2.75) is 65.5 Å². The number of rotatable bonds is 2. The van der Waals surface area contributed by atoms with Gasteiger partial charge in [-0.05, 0) is 70.2 Å². The number of carboxylic acids is 1. The van der Waals surface area contributed by atoms with Crippen LogP contribution in [0.5, 0.6) is 0 Å². The number of benzene rings is 1. The number of hydrogen-bond donors (Lipinski definition) is 1. The molecule has 3 heteroatoms. The van der Waals surface area contributed by atoms with Crippen LogP contribution < -0.4 is 4.90 Å². The molecule has 1 N–H and O–H groups in total. The van der Waals surface area contributed by atoms with Gasteiger partial charge in [0.05, 0.1) is 5.56 Å². The number of carbonyl (C=O) groups is 1. The molecule has 20 heavy (non-hydrogen) atoms. The van der Waals surface area contributed by atoms with Crippen molar-refractivity contribution in [1.82, 2.24) is 0 Å². The Hall–Kier alpha value is -1.51. The summed E-state index contributed by atoms with van der Waals surface area (Å²) in [5.74, 6) is -0.452. The van der Waals surface area contributed by atoms with E-state index in [0.717, 1.165) is 12.0 Å². The topological polar surface area (TPSA) is 40.5 Å². The number of hydrogen-bond acceptors (Lipinski definition) is 2. The molecular formula is C17H25NO2. The van der Waals surface area contributed by atoms with Crippen LogP contribution in [0.4, 0.5) is 5.69 Å². The van der Waals surface area contributed by atoms with Crippen LogP contribution >= 0.6 is 0 Å². The minimum atomic E-state index is -0.835. The molecule has 1 aromatic rings. The normalized spacial score (nSPS) is 20.9. The smallest absolute Gasteiger partial charge is 0.335 e. The fraction of sp³-hybridized carbons (Fsp3) is 0.588. The summed E-state index contributed by atoms with van der Waals surface area (Å²) in [6.07, 6.45) is 1.04. The zero-order chi connectivity index (χ0) is 15.2. The maximum Gasteiger partial charge on any atom is 0.335 e. The van der Waals surface area contributed by atoms with E-state index in [-0.39, 0.29) is 5.54 Å². The Labute approximate surface area is 121 Å². The van der Waals surface area contributed by atoms with Gasteiger partial charge in [-0.3, -0.25) is 0 Å². The first-order valence-electron chi connectivity index (χ1n) is 7.32. The Bertz CT molecular complexity index is 546. The van der Waals surface area contributed by atoms with Crippen molar-refractivity contribution in [2.75, 3.05) is 4.90 Å². The Kier molecular flexibility index (Phi) is 3.57. The van der Waals surface area contributed by atoms with Crippen LogP contribution in [-0.4, -0.2) is 22.7 Å². The summed E-state index contributed by atoms with van der Waals surface area (Å²) in [4.78, 5) is 13.8. The van der Waals surface area contributed by atoms with E-state index in [1.165, 1.54) is 11.3 Å². The summed E-state index contributed by atoms with van der Waals surface area (Å²) in [5.41, 5.74) is 3.73. The van der Waals surface area contributed by atoms with Gasteiger partial charge < -0.3 is 10.0 Å². The number of nitrogens with zero attached hydrogens (tertiary/aromatic N) is 1. The molecule has 0 radical (unpaired) electrons. The van der Waals surface area contributed by atoms with Gasteiger partial charge in [-0.25, -0.2) is 4.79 Å². The second-order valence-electron chi connectivity index (χ2n) is 6.91. The molecule has 0 fully saturated rings. The molecule has 1 atom stereocenters. The van der Waals surface area contributed by atoms with Gasteiger partial charge in [0, 0.05) is 17.3 Å². The highest BCUT2D eigenvalue weighted by atomic mass is 16.4. The summed E-state index contributed by atoms with van der Waals surface area (Å²) >= 11 is 0. The summed E-state index contributed by atoms with van der Waals surface area (Å²) < 4.78 is 0. The third-order valence-electron chi connectivity index (χ3n) is 4.37. The average molecular weight is 275 g/mol. The molecule has 0 amide bonds. The number of aryl methyl sites for hydroxylation is 1. The highest BCUT2D eigenvalue weighted by molar-refractivity contribution is 5.90. The third kappa shape index (κ3) is 2.30. The highest BCUT2D eigenvalue weighted by Crippen LogP contribution is 2.45.